The lowest BCUT2D eigenvalue weighted by Crippen LogP contribution is -2.29. The van der Waals surface area contributed by atoms with Crippen LogP contribution in [-0.4, -0.2) is 32.6 Å². The highest BCUT2D eigenvalue weighted by atomic mass is 35.5. The molecule has 1 aliphatic rings. The second kappa shape index (κ2) is 11.0. The molecule has 0 aliphatic carbocycles. The predicted molar refractivity (Wildman–Crippen MR) is 158 cm³/mol. The smallest absolute Gasteiger partial charge is 0.172 e. The van der Waals surface area contributed by atoms with Crippen LogP contribution in [0.3, 0.4) is 0 Å². The highest BCUT2D eigenvalue weighted by Crippen LogP contribution is 2.36. The highest BCUT2D eigenvalue weighted by Gasteiger charge is 2.14. The van der Waals surface area contributed by atoms with E-state index in [1.165, 1.54) is 31.0 Å². The van der Waals surface area contributed by atoms with Gasteiger partial charge in [-0.05, 0) is 61.2 Å². The molecule has 4 heterocycles. The molecule has 5 aromatic rings. The maximum atomic E-state index is 9.81. The zero-order valence-electron chi connectivity index (χ0n) is 21.4. The van der Waals surface area contributed by atoms with E-state index in [-0.39, 0.29) is 0 Å². The first-order valence-corrected chi connectivity index (χ1v) is 14.0. The summed E-state index contributed by atoms with van der Waals surface area (Å²) in [5, 5.41) is 15.5. The SMILES string of the molecule is Cn1ccnc1Sc1ccc(Nc2c(C#N)cnc3cc(-c4ccc(N5CCCCC5)nc4)ccc23)cc1Cl. The fraction of sp³-hybridized carbons (Fsp3) is 0.200. The van der Waals surface area contributed by atoms with Crippen molar-refractivity contribution in [2.75, 3.05) is 23.3 Å². The molecule has 3 aromatic heterocycles. The van der Waals surface area contributed by atoms with Crippen LogP contribution in [0.4, 0.5) is 17.2 Å². The summed E-state index contributed by atoms with van der Waals surface area (Å²) >= 11 is 8.12. The molecule has 1 aliphatic heterocycles. The van der Waals surface area contributed by atoms with Crippen molar-refractivity contribution in [3.63, 3.8) is 0 Å². The molecule has 1 N–H and O–H groups in total. The van der Waals surface area contributed by atoms with E-state index in [1.54, 1.807) is 12.4 Å². The van der Waals surface area contributed by atoms with Gasteiger partial charge in [-0.2, -0.15) is 5.26 Å². The summed E-state index contributed by atoms with van der Waals surface area (Å²) in [6.45, 7) is 2.14. The van der Waals surface area contributed by atoms with Crippen LogP contribution >= 0.6 is 23.4 Å². The Morgan fingerprint density at radius 1 is 0.949 bits per heavy atom. The van der Waals surface area contributed by atoms with Crippen molar-refractivity contribution in [2.45, 2.75) is 29.3 Å². The Morgan fingerprint density at radius 2 is 1.79 bits per heavy atom. The van der Waals surface area contributed by atoms with Crippen LogP contribution in [0, 0.1) is 11.3 Å². The minimum absolute atomic E-state index is 0.463. The lowest BCUT2D eigenvalue weighted by Gasteiger charge is -2.27. The van der Waals surface area contributed by atoms with Gasteiger partial charge < -0.3 is 14.8 Å². The summed E-state index contributed by atoms with van der Waals surface area (Å²) in [7, 11) is 1.95. The minimum atomic E-state index is 0.463. The summed E-state index contributed by atoms with van der Waals surface area (Å²) in [5.74, 6) is 1.03. The number of rotatable bonds is 6. The molecule has 2 aromatic carbocycles. The van der Waals surface area contributed by atoms with Gasteiger partial charge in [0.15, 0.2) is 5.16 Å². The van der Waals surface area contributed by atoms with E-state index in [4.69, 9.17) is 16.6 Å². The molecule has 1 saturated heterocycles. The van der Waals surface area contributed by atoms with Gasteiger partial charge in [0.1, 0.15) is 11.9 Å². The second-order valence-electron chi connectivity index (χ2n) is 9.54. The van der Waals surface area contributed by atoms with Crippen molar-refractivity contribution in [2.24, 2.45) is 7.05 Å². The Morgan fingerprint density at radius 3 is 2.51 bits per heavy atom. The van der Waals surface area contributed by atoms with E-state index in [9.17, 15) is 5.26 Å². The first-order chi connectivity index (χ1) is 19.1. The van der Waals surface area contributed by atoms with Crippen LogP contribution < -0.4 is 10.2 Å². The fourth-order valence-corrected chi connectivity index (χ4v) is 5.92. The van der Waals surface area contributed by atoms with Crippen molar-refractivity contribution in [3.05, 3.63) is 83.9 Å². The van der Waals surface area contributed by atoms with E-state index in [2.05, 4.69) is 38.4 Å². The number of fused-ring (bicyclic) bond motifs is 1. The molecule has 0 unspecified atom stereocenters. The number of nitrogens with zero attached hydrogens (tertiary/aromatic N) is 6. The molecule has 0 saturated carbocycles. The van der Waals surface area contributed by atoms with Crippen LogP contribution in [0.2, 0.25) is 5.02 Å². The number of piperidine rings is 1. The molecule has 9 heteroatoms. The summed E-state index contributed by atoms with van der Waals surface area (Å²) in [6.07, 6.45) is 10.9. The molecule has 194 valence electrons. The van der Waals surface area contributed by atoms with Gasteiger partial charge in [-0.3, -0.25) is 4.98 Å². The average Bonchev–Trinajstić information content (AvgIpc) is 3.39. The van der Waals surface area contributed by atoms with E-state index in [0.717, 1.165) is 56.7 Å². The van der Waals surface area contributed by atoms with Gasteiger partial charge in [0.25, 0.3) is 0 Å². The molecule has 39 heavy (non-hydrogen) atoms. The third kappa shape index (κ3) is 5.29. The molecule has 0 atom stereocenters. The van der Waals surface area contributed by atoms with Gasteiger partial charge >= 0.3 is 0 Å². The number of aryl methyl sites for hydroxylation is 1. The van der Waals surface area contributed by atoms with Gasteiger partial charge in [-0.25, -0.2) is 9.97 Å². The van der Waals surface area contributed by atoms with Crippen molar-refractivity contribution in [1.82, 2.24) is 19.5 Å². The van der Waals surface area contributed by atoms with Crippen molar-refractivity contribution in [3.8, 4) is 17.2 Å². The molecule has 1 fully saturated rings. The number of nitrogens with one attached hydrogen (secondary N) is 1. The first-order valence-electron chi connectivity index (χ1n) is 12.8. The molecular weight excluding hydrogens is 526 g/mol. The minimum Gasteiger partial charge on any atom is -0.357 e. The van der Waals surface area contributed by atoms with E-state index < -0.39 is 0 Å². The van der Waals surface area contributed by atoms with Gasteiger partial charge in [-0.15, -0.1) is 0 Å². The van der Waals surface area contributed by atoms with Gasteiger partial charge in [0.05, 0.1) is 21.8 Å². The van der Waals surface area contributed by atoms with Crippen LogP contribution in [-0.2, 0) is 7.05 Å². The molecule has 0 bridgehead atoms. The van der Waals surface area contributed by atoms with Gasteiger partial charge in [0, 0.05) is 66.5 Å². The lowest BCUT2D eigenvalue weighted by atomic mass is 10.0. The standard InChI is InChI=1S/C30H26ClN7S/c1-37-14-11-33-30(37)39-27-9-7-23(16-25(27)31)36-29-22(17-32)19-34-26-15-20(5-8-24(26)29)21-6-10-28(35-18-21)38-12-3-2-4-13-38/h5-11,14-16,18-19H,2-4,12-13H2,1H3,(H,34,36). The Hall–Kier alpha value is -4.06. The maximum absolute atomic E-state index is 9.81. The normalized spacial score (nSPS) is 13.4. The monoisotopic (exact) mass is 551 g/mol. The molecular formula is C30H26ClN7S. The summed E-state index contributed by atoms with van der Waals surface area (Å²) in [5.41, 5.74) is 4.81. The number of benzene rings is 2. The summed E-state index contributed by atoms with van der Waals surface area (Å²) < 4.78 is 1.95. The first kappa shape index (κ1) is 25.2. The van der Waals surface area contributed by atoms with Crippen molar-refractivity contribution in [1.29, 1.82) is 5.26 Å². The Labute approximate surface area is 236 Å². The Bertz CT molecular complexity index is 1680. The predicted octanol–water partition coefficient (Wildman–Crippen LogP) is 7.44. The third-order valence-electron chi connectivity index (χ3n) is 6.93. The third-order valence-corrected chi connectivity index (χ3v) is 8.51. The van der Waals surface area contributed by atoms with Crippen molar-refractivity contribution >= 4 is 51.5 Å². The number of imidazole rings is 1. The molecule has 0 amide bonds. The number of anilines is 3. The summed E-state index contributed by atoms with van der Waals surface area (Å²) in [4.78, 5) is 16.9. The average molecular weight is 552 g/mol. The van der Waals surface area contributed by atoms with Crippen LogP contribution in [0.1, 0.15) is 24.8 Å². The number of aromatic nitrogens is 4. The molecule has 6 rings (SSSR count). The number of hydrogen-bond donors (Lipinski definition) is 1. The fourth-order valence-electron chi connectivity index (χ4n) is 4.81. The number of halogens is 1. The van der Waals surface area contributed by atoms with E-state index in [0.29, 0.717) is 16.3 Å². The lowest BCUT2D eigenvalue weighted by molar-refractivity contribution is 0.573. The van der Waals surface area contributed by atoms with E-state index in [1.807, 2.05) is 60.4 Å². The number of pyridine rings is 2. The highest BCUT2D eigenvalue weighted by molar-refractivity contribution is 7.99. The van der Waals surface area contributed by atoms with E-state index >= 15 is 0 Å². The quantitative estimate of drug-likeness (QED) is 0.235. The van der Waals surface area contributed by atoms with Crippen molar-refractivity contribution < 1.29 is 0 Å². The van der Waals surface area contributed by atoms with Crippen LogP contribution in [0.5, 0.6) is 0 Å². The molecule has 7 nitrogen and oxygen atoms in total. The van der Waals surface area contributed by atoms with Crippen LogP contribution in [0.15, 0.2) is 83.4 Å². The molecule has 0 radical (unpaired) electrons. The zero-order valence-corrected chi connectivity index (χ0v) is 23.0. The topological polar surface area (TPSA) is 82.7 Å². The zero-order chi connectivity index (χ0) is 26.8. The largest absolute Gasteiger partial charge is 0.357 e. The summed E-state index contributed by atoms with van der Waals surface area (Å²) in [6, 6.07) is 18.4. The van der Waals surface area contributed by atoms with Crippen LogP contribution in [0.25, 0.3) is 22.0 Å². The van der Waals surface area contributed by atoms with Gasteiger partial charge in [0.2, 0.25) is 0 Å². The number of hydrogen-bond acceptors (Lipinski definition) is 7. The Kier molecular flexibility index (Phi) is 7.10. The maximum Gasteiger partial charge on any atom is 0.172 e. The number of nitriles is 1. The van der Waals surface area contributed by atoms with Gasteiger partial charge in [-0.1, -0.05) is 35.5 Å². The molecule has 0 spiro atoms. The second-order valence-corrected chi connectivity index (χ2v) is 11.0. The Balaban J connectivity index is 1.27.